The molecule has 1 heterocycles. The quantitative estimate of drug-likeness (QED) is 0.799. The van der Waals surface area contributed by atoms with Gasteiger partial charge in [0.15, 0.2) is 5.78 Å². The number of Topliss-reactive ketones (excluding diaryl/α,β-unsaturated/α-hetero) is 1. The molecule has 3 heteroatoms. The topological polar surface area (TPSA) is 35.5 Å². The Hall–Kier alpha value is -2.29. The molecule has 0 saturated carbocycles. The molecule has 1 unspecified atom stereocenters. The highest BCUT2D eigenvalue weighted by Crippen LogP contribution is 2.33. The molecule has 0 radical (unpaired) electrons. The highest BCUT2D eigenvalue weighted by molar-refractivity contribution is 5.94. The van der Waals surface area contributed by atoms with Crippen LogP contribution in [0.3, 0.4) is 0 Å². The second-order valence-corrected chi connectivity index (χ2v) is 5.27. The van der Waals surface area contributed by atoms with Crippen molar-refractivity contribution in [3.63, 3.8) is 0 Å². The van der Waals surface area contributed by atoms with Crippen LogP contribution in [-0.4, -0.2) is 19.0 Å². The van der Waals surface area contributed by atoms with E-state index in [0.29, 0.717) is 18.1 Å². The predicted octanol–water partition coefficient (Wildman–Crippen LogP) is 3.83. The fraction of sp³-hybridized carbons (Fsp3) is 0.278. The van der Waals surface area contributed by atoms with Gasteiger partial charge in [-0.2, -0.15) is 0 Å². The highest BCUT2D eigenvalue weighted by Gasteiger charge is 2.21. The third-order valence-corrected chi connectivity index (χ3v) is 3.77. The van der Waals surface area contributed by atoms with Crippen molar-refractivity contribution >= 4 is 5.78 Å². The average Bonchev–Trinajstić information content (AvgIpc) is 2.53. The van der Waals surface area contributed by atoms with Crippen molar-refractivity contribution in [2.24, 2.45) is 0 Å². The molecule has 0 amide bonds. The Kier molecular flexibility index (Phi) is 3.91. The van der Waals surface area contributed by atoms with E-state index in [2.05, 4.69) is 6.07 Å². The van der Waals surface area contributed by atoms with Gasteiger partial charge in [0.1, 0.15) is 11.5 Å². The number of hydrogen-bond acceptors (Lipinski definition) is 3. The maximum Gasteiger partial charge on any atom is 0.159 e. The van der Waals surface area contributed by atoms with Gasteiger partial charge in [-0.15, -0.1) is 0 Å². The van der Waals surface area contributed by atoms with Gasteiger partial charge >= 0.3 is 0 Å². The van der Waals surface area contributed by atoms with E-state index in [1.165, 1.54) is 5.56 Å². The summed E-state index contributed by atoms with van der Waals surface area (Å²) < 4.78 is 11.5. The SMILES string of the molecule is CC(=O)c1cccc(OCC2CCOc3ccccc32)c1. The second-order valence-electron chi connectivity index (χ2n) is 5.27. The summed E-state index contributed by atoms with van der Waals surface area (Å²) in [5, 5.41) is 0. The number of ketones is 1. The second kappa shape index (κ2) is 6.00. The standard InChI is InChI=1S/C18H18O3/c1-13(19)14-5-4-6-16(11-14)21-12-15-9-10-20-18-8-3-2-7-17(15)18/h2-8,11,15H,9-10,12H2,1H3. The van der Waals surface area contributed by atoms with E-state index in [9.17, 15) is 4.79 Å². The molecule has 108 valence electrons. The fourth-order valence-corrected chi connectivity index (χ4v) is 2.59. The van der Waals surface area contributed by atoms with Crippen LogP contribution in [0.4, 0.5) is 0 Å². The Morgan fingerprint density at radius 3 is 2.95 bits per heavy atom. The van der Waals surface area contributed by atoms with Crippen LogP contribution in [0.25, 0.3) is 0 Å². The number of rotatable bonds is 4. The number of carbonyl (C=O) groups is 1. The van der Waals surface area contributed by atoms with Gasteiger partial charge in [-0.3, -0.25) is 4.79 Å². The van der Waals surface area contributed by atoms with Crippen molar-refractivity contribution in [1.82, 2.24) is 0 Å². The van der Waals surface area contributed by atoms with Crippen LogP contribution in [0.1, 0.15) is 35.2 Å². The van der Waals surface area contributed by atoms with Crippen molar-refractivity contribution in [2.75, 3.05) is 13.2 Å². The van der Waals surface area contributed by atoms with E-state index in [-0.39, 0.29) is 5.78 Å². The molecule has 21 heavy (non-hydrogen) atoms. The summed E-state index contributed by atoms with van der Waals surface area (Å²) in [5.41, 5.74) is 1.88. The first-order valence-corrected chi connectivity index (χ1v) is 7.19. The van der Waals surface area contributed by atoms with Gasteiger partial charge in [-0.25, -0.2) is 0 Å². The molecule has 2 aromatic carbocycles. The monoisotopic (exact) mass is 282 g/mol. The Labute approximate surface area is 124 Å². The molecule has 0 saturated heterocycles. The number of fused-ring (bicyclic) bond motifs is 1. The summed E-state index contributed by atoms with van der Waals surface area (Å²) in [7, 11) is 0. The van der Waals surface area contributed by atoms with Crippen molar-refractivity contribution in [3.8, 4) is 11.5 Å². The zero-order chi connectivity index (χ0) is 14.7. The predicted molar refractivity (Wildman–Crippen MR) is 81.2 cm³/mol. The van der Waals surface area contributed by atoms with Crippen LogP contribution in [0.2, 0.25) is 0 Å². The maximum absolute atomic E-state index is 11.4. The number of para-hydroxylation sites is 1. The first-order chi connectivity index (χ1) is 10.2. The molecule has 0 spiro atoms. The number of hydrogen-bond donors (Lipinski definition) is 0. The summed E-state index contributed by atoms with van der Waals surface area (Å²) >= 11 is 0. The van der Waals surface area contributed by atoms with Crippen LogP contribution in [0, 0.1) is 0 Å². The van der Waals surface area contributed by atoms with Crippen molar-refractivity contribution in [1.29, 1.82) is 0 Å². The molecule has 2 aromatic rings. The van der Waals surface area contributed by atoms with E-state index in [0.717, 1.165) is 24.5 Å². The van der Waals surface area contributed by atoms with E-state index in [1.807, 2.05) is 30.3 Å². The molecule has 3 rings (SSSR count). The van der Waals surface area contributed by atoms with Gasteiger partial charge in [0.25, 0.3) is 0 Å². The van der Waals surface area contributed by atoms with Gasteiger partial charge < -0.3 is 9.47 Å². The number of ether oxygens (including phenoxy) is 2. The normalized spacial score (nSPS) is 16.7. The van der Waals surface area contributed by atoms with Crippen LogP contribution in [0.15, 0.2) is 48.5 Å². The molecule has 3 nitrogen and oxygen atoms in total. The summed E-state index contributed by atoms with van der Waals surface area (Å²) in [6, 6.07) is 15.4. The molecule has 0 N–H and O–H groups in total. The molecule has 1 aliphatic rings. The Morgan fingerprint density at radius 2 is 2.10 bits per heavy atom. The van der Waals surface area contributed by atoms with Crippen LogP contribution in [0.5, 0.6) is 11.5 Å². The molecular weight excluding hydrogens is 264 g/mol. The zero-order valence-electron chi connectivity index (χ0n) is 12.0. The molecule has 0 fully saturated rings. The Balaban J connectivity index is 1.71. The van der Waals surface area contributed by atoms with E-state index >= 15 is 0 Å². The summed E-state index contributed by atoms with van der Waals surface area (Å²) in [6.45, 7) is 2.88. The van der Waals surface area contributed by atoms with Gasteiger partial charge in [-0.1, -0.05) is 30.3 Å². The van der Waals surface area contributed by atoms with Gasteiger partial charge in [0.05, 0.1) is 13.2 Å². The largest absolute Gasteiger partial charge is 0.493 e. The lowest BCUT2D eigenvalue weighted by molar-refractivity contribution is 0.101. The van der Waals surface area contributed by atoms with E-state index < -0.39 is 0 Å². The van der Waals surface area contributed by atoms with Crippen molar-refractivity contribution in [3.05, 3.63) is 59.7 Å². The third-order valence-electron chi connectivity index (χ3n) is 3.77. The average molecular weight is 282 g/mol. The van der Waals surface area contributed by atoms with Crippen LogP contribution in [-0.2, 0) is 0 Å². The van der Waals surface area contributed by atoms with Gasteiger partial charge in [0.2, 0.25) is 0 Å². The smallest absolute Gasteiger partial charge is 0.159 e. The fourth-order valence-electron chi connectivity index (χ4n) is 2.59. The minimum Gasteiger partial charge on any atom is -0.493 e. The number of benzene rings is 2. The van der Waals surface area contributed by atoms with Gasteiger partial charge in [-0.05, 0) is 31.5 Å². The lowest BCUT2D eigenvalue weighted by Gasteiger charge is -2.25. The first-order valence-electron chi connectivity index (χ1n) is 7.19. The van der Waals surface area contributed by atoms with Crippen molar-refractivity contribution in [2.45, 2.75) is 19.3 Å². The maximum atomic E-state index is 11.4. The number of carbonyl (C=O) groups excluding carboxylic acids is 1. The zero-order valence-corrected chi connectivity index (χ0v) is 12.0. The van der Waals surface area contributed by atoms with Gasteiger partial charge in [0, 0.05) is 17.0 Å². The van der Waals surface area contributed by atoms with Crippen LogP contribution < -0.4 is 9.47 Å². The Bertz CT molecular complexity index is 648. The third kappa shape index (κ3) is 3.07. The molecule has 1 atom stereocenters. The lowest BCUT2D eigenvalue weighted by atomic mass is 9.94. The molecule has 0 aliphatic carbocycles. The summed E-state index contributed by atoms with van der Waals surface area (Å²) in [5.74, 6) is 2.08. The minimum absolute atomic E-state index is 0.0527. The van der Waals surface area contributed by atoms with E-state index in [4.69, 9.17) is 9.47 Å². The highest BCUT2D eigenvalue weighted by atomic mass is 16.5. The Morgan fingerprint density at radius 1 is 1.24 bits per heavy atom. The van der Waals surface area contributed by atoms with E-state index in [1.54, 1.807) is 19.1 Å². The van der Waals surface area contributed by atoms with Crippen molar-refractivity contribution < 1.29 is 14.3 Å². The first kappa shape index (κ1) is 13.7. The minimum atomic E-state index is 0.0527. The lowest BCUT2D eigenvalue weighted by Crippen LogP contribution is -2.19. The van der Waals surface area contributed by atoms with Crippen LogP contribution >= 0.6 is 0 Å². The molecular formula is C18H18O3. The molecule has 0 aromatic heterocycles. The summed E-state index contributed by atoms with van der Waals surface area (Å²) in [6.07, 6.45) is 0.948. The molecule has 0 bridgehead atoms. The molecule has 1 aliphatic heterocycles. The summed E-state index contributed by atoms with van der Waals surface area (Å²) in [4.78, 5) is 11.4.